The van der Waals surface area contributed by atoms with Crippen LogP contribution in [0.25, 0.3) is 6.08 Å². The van der Waals surface area contributed by atoms with E-state index in [9.17, 15) is 18.0 Å². The van der Waals surface area contributed by atoms with Gasteiger partial charge in [-0.15, -0.1) is 0 Å². The number of nitrogens with zero attached hydrogens (tertiary/aromatic N) is 1. The summed E-state index contributed by atoms with van der Waals surface area (Å²) in [4.78, 5) is 11.2. The maximum atomic E-state index is 12.0. The van der Waals surface area contributed by atoms with Crippen molar-refractivity contribution in [2.24, 2.45) is 0 Å². The molecule has 1 amide bonds. The van der Waals surface area contributed by atoms with E-state index in [0.717, 1.165) is 6.08 Å². The second kappa shape index (κ2) is 6.73. The first kappa shape index (κ1) is 15.7. The maximum Gasteiger partial charge on any atom is 0.416 e. The van der Waals surface area contributed by atoms with E-state index in [-0.39, 0.29) is 0 Å². The molecule has 20 heavy (non-hydrogen) atoms. The van der Waals surface area contributed by atoms with Crippen molar-refractivity contribution in [3.63, 3.8) is 0 Å². The van der Waals surface area contributed by atoms with E-state index in [4.69, 9.17) is 10.4 Å². The number of aliphatic hydroxyl groups excluding tert-OH is 1. The Labute approximate surface area is 113 Å². The van der Waals surface area contributed by atoms with Crippen LogP contribution in [-0.2, 0) is 4.79 Å². The Morgan fingerprint density at radius 1 is 1.40 bits per heavy atom. The fraction of sp³-hybridized carbons (Fsp3) is 0.231. The summed E-state index contributed by atoms with van der Waals surface area (Å²) >= 11 is 0. The van der Waals surface area contributed by atoms with Crippen LogP contribution in [0, 0.1) is 11.3 Å². The number of rotatable bonds is 4. The molecule has 0 heterocycles. The molecule has 2 N–H and O–H groups in total. The lowest BCUT2D eigenvalue weighted by Gasteiger charge is -2.14. The lowest BCUT2D eigenvalue weighted by Crippen LogP contribution is -2.40. The van der Waals surface area contributed by atoms with Gasteiger partial charge in [-0.25, -0.2) is 0 Å². The van der Waals surface area contributed by atoms with Crippen LogP contribution in [0.15, 0.2) is 30.3 Å². The van der Waals surface area contributed by atoms with Gasteiger partial charge in [0.25, 0.3) is 0 Å². The Balaban J connectivity index is 2.49. The van der Waals surface area contributed by atoms with Gasteiger partial charge in [-0.1, -0.05) is 12.1 Å². The molecule has 4 nitrogen and oxygen atoms in total. The lowest BCUT2D eigenvalue weighted by atomic mass is 10.1. The summed E-state index contributed by atoms with van der Waals surface area (Å²) in [6.07, 6.45) is -4.92. The number of halogens is 3. The van der Waals surface area contributed by atoms with Crippen molar-refractivity contribution >= 4 is 12.0 Å². The van der Waals surface area contributed by atoms with Gasteiger partial charge in [0.2, 0.25) is 5.91 Å². The number of carbonyl (C=O) groups is 1. The zero-order chi connectivity index (χ0) is 15.2. The zero-order valence-electron chi connectivity index (χ0n) is 10.2. The largest absolute Gasteiger partial charge is 0.416 e. The fourth-order valence-electron chi connectivity index (χ4n) is 1.21. The number of alkyl halides is 3. The maximum absolute atomic E-state index is 12.0. The lowest BCUT2D eigenvalue weighted by molar-refractivity contribution is -0.201. The third kappa shape index (κ3) is 5.12. The quantitative estimate of drug-likeness (QED) is 0.825. The van der Waals surface area contributed by atoms with Crippen LogP contribution >= 0.6 is 0 Å². The van der Waals surface area contributed by atoms with Gasteiger partial charge in [0.15, 0.2) is 6.10 Å². The summed E-state index contributed by atoms with van der Waals surface area (Å²) in [6.45, 7) is -0.903. The number of amides is 1. The molecule has 0 aliphatic carbocycles. The third-order valence-corrected chi connectivity index (χ3v) is 2.31. The molecule has 0 saturated heterocycles. The summed E-state index contributed by atoms with van der Waals surface area (Å²) < 4.78 is 35.9. The minimum atomic E-state index is -4.76. The highest BCUT2D eigenvalue weighted by molar-refractivity contribution is 5.91. The highest BCUT2D eigenvalue weighted by Gasteiger charge is 2.37. The molecule has 0 aromatic heterocycles. The average Bonchev–Trinajstić information content (AvgIpc) is 2.41. The van der Waals surface area contributed by atoms with Crippen molar-refractivity contribution in [1.29, 1.82) is 5.26 Å². The Morgan fingerprint density at radius 2 is 2.00 bits per heavy atom. The molecule has 1 rings (SSSR count). The molecule has 0 aliphatic heterocycles. The van der Waals surface area contributed by atoms with Gasteiger partial charge in [-0.2, -0.15) is 18.4 Å². The Bertz CT molecular complexity index is 530. The van der Waals surface area contributed by atoms with Crippen molar-refractivity contribution in [1.82, 2.24) is 5.32 Å². The van der Waals surface area contributed by atoms with Gasteiger partial charge in [0.1, 0.15) is 0 Å². The van der Waals surface area contributed by atoms with Gasteiger partial charge in [-0.05, 0) is 23.8 Å². The van der Waals surface area contributed by atoms with Crippen molar-refractivity contribution < 1.29 is 23.1 Å². The van der Waals surface area contributed by atoms with Crippen molar-refractivity contribution in [2.45, 2.75) is 12.3 Å². The van der Waals surface area contributed by atoms with Crippen LogP contribution in [0.3, 0.4) is 0 Å². The Morgan fingerprint density at radius 3 is 2.50 bits per heavy atom. The molecular weight excluding hydrogens is 273 g/mol. The summed E-state index contributed by atoms with van der Waals surface area (Å²) in [5.74, 6) is -0.752. The second-order valence-electron chi connectivity index (χ2n) is 3.87. The normalized spacial score (nSPS) is 12.9. The minimum Gasteiger partial charge on any atom is -0.382 e. The van der Waals surface area contributed by atoms with Gasteiger partial charge >= 0.3 is 6.18 Å². The molecule has 0 fully saturated rings. The number of benzene rings is 1. The molecule has 106 valence electrons. The monoisotopic (exact) mass is 284 g/mol. The van der Waals surface area contributed by atoms with Crippen LogP contribution in [0.5, 0.6) is 0 Å². The van der Waals surface area contributed by atoms with Gasteiger partial charge in [-0.3, -0.25) is 4.79 Å². The van der Waals surface area contributed by atoms with Crippen molar-refractivity contribution in [3.05, 3.63) is 41.5 Å². The van der Waals surface area contributed by atoms with E-state index in [2.05, 4.69) is 0 Å². The van der Waals surface area contributed by atoms with Gasteiger partial charge in [0, 0.05) is 6.08 Å². The first-order chi connectivity index (χ1) is 9.32. The first-order valence-electron chi connectivity index (χ1n) is 5.54. The molecular formula is C13H11F3N2O2. The number of hydrogen-bond donors (Lipinski definition) is 2. The second-order valence-corrected chi connectivity index (χ2v) is 3.87. The molecule has 0 aliphatic rings. The van der Waals surface area contributed by atoms with Gasteiger partial charge < -0.3 is 10.4 Å². The summed E-state index contributed by atoms with van der Waals surface area (Å²) in [5.41, 5.74) is 1.08. The average molecular weight is 284 g/mol. The highest BCUT2D eigenvalue weighted by atomic mass is 19.4. The molecule has 0 radical (unpaired) electrons. The summed E-state index contributed by atoms with van der Waals surface area (Å²) in [5, 5.41) is 19.2. The number of aliphatic hydroxyl groups is 1. The molecule has 0 bridgehead atoms. The molecule has 1 atom stereocenters. The number of nitriles is 1. The molecule has 1 unspecified atom stereocenters. The molecule has 7 heteroatoms. The van der Waals surface area contributed by atoms with E-state index < -0.39 is 24.7 Å². The Kier molecular flexibility index (Phi) is 5.29. The van der Waals surface area contributed by atoms with Crippen molar-refractivity contribution in [2.75, 3.05) is 6.54 Å². The smallest absolute Gasteiger partial charge is 0.382 e. The highest BCUT2D eigenvalue weighted by Crippen LogP contribution is 2.19. The van der Waals surface area contributed by atoms with Crippen LogP contribution in [0.1, 0.15) is 11.1 Å². The fourth-order valence-corrected chi connectivity index (χ4v) is 1.21. The molecule has 1 aromatic rings. The van der Waals surface area contributed by atoms with E-state index in [0.29, 0.717) is 11.1 Å². The van der Waals surface area contributed by atoms with E-state index >= 15 is 0 Å². The van der Waals surface area contributed by atoms with E-state index in [1.54, 1.807) is 24.3 Å². The topological polar surface area (TPSA) is 73.1 Å². The number of nitrogens with one attached hydrogen (secondary N) is 1. The van der Waals surface area contributed by atoms with Crippen LogP contribution < -0.4 is 5.32 Å². The molecule has 0 spiro atoms. The van der Waals surface area contributed by atoms with Crippen LogP contribution in [0.2, 0.25) is 0 Å². The summed E-state index contributed by atoms with van der Waals surface area (Å²) in [7, 11) is 0. The van der Waals surface area contributed by atoms with E-state index in [1.165, 1.54) is 6.08 Å². The number of hydrogen-bond acceptors (Lipinski definition) is 3. The first-order valence-corrected chi connectivity index (χ1v) is 5.54. The van der Waals surface area contributed by atoms with Crippen LogP contribution in [-0.4, -0.2) is 29.8 Å². The summed E-state index contributed by atoms with van der Waals surface area (Å²) in [6, 6.07) is 8.20. The van der Waals surface area contributed by atoms with E-state index in [1.807, 2.05) is 11.4 Å². The SMILES string of the molecule is N#Cc1ccc(/C=C/C(=O)NCC(O)C(F)(F)F)cc1. The number of carbonyl (C=O) groups excluding carboxylic acids is 1. The van der Waals surface area contributed by atoms with Crippen molar-refractivity contribution in [3.8, 4) is 6.07 Å². The minimum absolute atomic E-state index is 0.458. The molecule has 0 saturated carbocycles. The predicted molar refractivity (Wildman–Crippen MR) is 65.3 cm³/mol. The van der Waals surface area contributed by atoms with Crippen LogP contribution in [0.4, 0.5) is 13.2 Å². The standard InChI is InChI=1S/C13H11F3N2O2/c14-13(15,16)11(19)8-18-12(20)6-5-9-1-3-10(7-17)4-2-9/h1-6,11,19H,8H2,(H,18,20)/b6-5+. The zero-order valence-corrected chi connectivity index (χ0v) is 10.2. The van der Waals surface area contributed by atoms with Gasteiger partial charge in [0.05, 0.1) is 18.2 Å². The molecule has 1 aromatic carbocycles. The predicted octanol–water partition coefficient (Wildman–Crippen LogP) is 1.61. The Hall–Kier alpha value is -2.33. The third-order valence-electron chi connectivity index (χ3n) is 2.31.